The van der Waals surface area contributed by atoms with Crippen LogP contribution in [0.5, 0.6) is 11.5 Å². The third-order valence-electron chi connectivity index (χ3n) is 3.56. The lowest BCUT2D eigenvalue weighted by molar-refractivity contribution is -0.144. The lowest BCUT2D eigenvalue weighted by Gasteiger charge is -2.11. The van der Waals surface area contributed by atoms with E-state index < -0.39 is 11.7 Å². The average Bonchev–Trinajstić information content (AvgIpc) is 2.86. The molecule has 102 valence electrons. The predicted octanol–water partition coefficient (Wildman–Crippen LogP) is 1.90. The molecule has 0 saturated carbocycles. The highest BCUT2D eigenvalue weighted by atomic mass is 16.7. The fourth-order valence-electron chi connectivity index (χ4n) is 2.48. The van der Waals surface area contributed by atoms with E-state index in [1.807, 2.05) is 26.0 Å². The van der Waals surface area contributed by atoms with Gasteiger partial charge in [0, 0.05) is 0 Å². The van der Waals surface area contributed by atoms with Gasteiger partial charge in [-0.3, -0.25) is 0 Å². The molecule has 1 aromatic carbocycles. The number of hydrogen-bond donors (Lipinski definition) is 0. The van der Waals surface area contributed by atoms with Crippen LogP contribution in [-0.4, -0.2) is 25.5 Å². The number of aryl methyl sites for hydroxylation is 1. The number of esters is 1. The summed E-state index contributed by atoms with van der Waals surface area (Å²) in [4.78, 5) is 11.7. The number of fused-ring (bicyclic) bond motifs is 1. The second-order valence-corrected chi connectivity index (χ2v) is 4.88. The Bertz CT molecular complexity index is 539. The van der Waals surface area contributed by atoms with E-state index in [0.29, 0.717) is 12.4 Å². The van der Waals surface area contributed by atoms with E-state index in [1.54, 1.807) is 6.92 Å². The van der Waals surface area contributed by atoms with Crippen molar-refractivity contribution in [1.82, 2.24) is 0 Å². The Balaban J connectivity index is 1.89. The summed E-state index contributed by atoms with van der Waals surface area (Å²) < 4.78 is 21.3. The fraction of sp³-hybridized carbons (Fsp3) is 0.500. The van der Waals surface area contributed by atoms with Gasteiger partial charge in [-0.2, -0.15) is 0 Å². The molecule has 2 atom stereocenters. The third-order valence-corrected chi connectivity index (χ3v) is 3.56. The molecular formula is C14H16O5. The van der Waals surface area contributed by atoms with Crippen LogP contribution in [-0.2, 0) is 19.9 Å². The SMILES string of the molecule is CCOC(=O)C1OC1(C)c1cc2c(cc1C)OCO2. The quantitative estimate of drug-likeness (QED) is 0.616. The van der Waals surface area contributed by atoms with Gasteiger partial charge in [0.05, 0.1) is 6.61 Å². The Kier molecular flexibility index (Phi) is 2.67. The highest BCUT2D eigenvalue weighted by molar-refractivity contribution is 5.80. The molecule has 3 rings (SSSR count). The zero-order valence-electron chi connectivity index (χ0n) is 11.2. The van der Waals surface area contributed by atoms with E-state index in [9.17, 15) is 4.79 Å². The zero-order valence-corrected chi connectivity index (χ0v) is 11.2. The van der Waals surface area contributed by atoms with Crippen LogP contribution < -0.4 is 9.47 Å². The minimum absolute atomic E-state index is 0.233. The highest BCUT2D eigenvalue weighted by Crippen LogP contribution is 2.50. The largest absolute Gasteiger partial charge is 0.464 e. The Labute approximate surface area is 111 Å². The van der Waals surface area contributed by atoms with Crippen molar-refractivity contribution >= 4 is 5.97 Å². The van der Waals surface area contributed by atoms with Crippen molar-refractivity contribution in [2.75, 3.05) is 13.4 Å². The summed E-state index contributed by atoms with van der Waals surface area (Å²) in [6.07, 6.45) is -0.536. The smallest absolute Gasteiger partial charge is 0.338 e. The molecule has 1 aromatic rings. The average molecular weight is 264 g/mol. The Morgan fingerprint density at radius 2 is 2.11 bits per heavy atom. The van der Waals surface area contributed by atoms with E-state index in [1.165, 1.54) is 0 Å². The highest BCUT2D eigenvalue weighted by Gasteiger charge is 2.60. The van der Waals surface area contributed by atoms with Crippen LogP contribution in [0, 0.1) is 6.92 Å². The second kappa shape index (κ2) is 4.13. The molecule has 0 aliphatic carbocycles. The minimum Gasteiger partial charge on any atom is -0.464 e. The molecular weight excluding hydrogens is 248 g/mol. The van der Waals surface area contributed by atoms with Crippen molar-refractivity contribution in [1.29, 1.82) is 0 Å². The van der Waals surface area contributed by atoms with Crippen LogP contribution in [0.3, 0.4) is 0 Å². The van der Waals surface area contributed by atoms with Crippen LogP contribution in [0.2, 0.25) is 0 Å². The number of epoxide rings is 1. The molecule has 2 aliphatic rings. The standard InChI is InChI=1S/C14H16O5/c1-4-16-13(15)12-14(3,19-12)9-6-11-10(5-8(9)2)17-7-18-11/h5-6,12H,4,7H2,1-3H3. The lowest BCUT2D eigenvalue weighted by atomic mass is 9.92. The molecule has 5 nitrogen and oxygen atoms in total. The molecule has 1 fully saturated rings. The summed E-state index contributed by atoms with van der Waals surface area (Å²) in [6, 6.07) is 3.80. The van der Waals surface area contributed by atoms with Crippen molar-refractivity contribution in [2.24, 2.45) is 0 Å². The summed E-state index contributed by atoms with van der Waals surface area (Å²) in [7, 11) is 0. The molecule has 19 heavy (non-hydrogen) atoms. The van der Waals surface area contributed by atoms with Gasteiger partial charge in [0.1, 0.15) is 5.60 Å². The third kappa shape index (κ3) is 1.85. The summed E-state index contributed by atoms with van der Waals surface area (Å²) in [5, 5.41) is 0. The van der Waals surface area contributed by atoms with Crippen molar-refractivity contribution in [3.63, 3.8) is 0 Å². The molecule has 0 spiro atoms. The van der Waals surface area contributed by atoms with Gasteiger partial charge in [0.2, 0.25) is 6.79 Å². The first-order valence-electron chi connectivity index (χ1n) is 6.31. The first-order chi connectivity index (χ1) is 9.06. The molecule has 1 saturated heterocycles. The molecule has 0 bridgehead atoms. The topological polar surface area (TPSA) is 57.3 Å². The van der Waals surface area contributed by atoms with Gasteiger partial charge in [-0.1, -0.05) is 0 Å². The van der Waals surface area contributed by atoms with Crippen LogP contribution in [0.15, 0.2) is 12.1 Å². The number of carbonyl (C=O) groups excluding carboxylic acids is 1. The molecule has 0 radical (unpaired) electrons. The summed E-state index contributed by atoms with van der Waals surface area (Å²) in [6.45, 7) is 6.22. The Morgan fingerprint density at radius 3 is 2.79 bits per heavy atom. The van der Waals surface area contributed by atoms with Crippen LogP contribution >= 0.6 is 0 Å². The van der Waals surface area contributed by atoms with Gasteiger partial charge < -0.3 is 18.9 Å². The van der Waals surface area contributed by atoms with Crippen molar-refractivity contribution in [3.8, 4) is 11.5 Å². The minimum atomic E-state index is -0.628. The van der Waals surface area contributed by atoms with Gasteiger partial charge in [-0.15, -0.1) is 0 Å². The van der Waals surface area contributed by atoms with Gasteiger partial charge in [0.15, 0.2) is 17.6 Å². The van der Waals surface area contributed by atoms with E-state index in [-0.39, 0.29) is 12.8 Å². The Morgan fingerprint density at radius 1 is 1.42 bits per heavy atom. The van der Waals surface area contributed by atoms with Crippen LogP contribution in [0.25, 0.3) is 0 Å². The van der Waals surface area contributed by atoms with Crippen molar-refractivity contribution < 1.29 is 23.7 Å². The molecule has 5 heteroatoms. The van der Waals surface area contributed by atoms with E-state index in [0.717, 1.165) is 16.9 Å². The van der Waals surface area contributed by atoms with Gasteiger partial charge in [-0.05, 0) is 44.0 Å². The molecule has 2 unspecified atom stereocenters. The normalized spacial score (nSPS) is 27.2. The first kappa shape index (κ1) is 12.3. The molecule has 0 aromatic heterocycles. The van der Waals surface area contributed by atoms with Gasteiger partial charge >= 0.3 is 5.97 Å². The molecule has 0 amide bonds. The van der Waals surface area contributed by atoms with Crippen molar-refractivity contribution in [2.45, 2.75) is 32.5 Å². The zero-order chi connectivity index (χ0) is 13.6. The summed E-state index contributed by atoms with van der Waals surface area (Å²) in [5.74, 6) is 1.11. The molecule has 2 heterocycles. The van der Waals surface area contributed by atoms with E-state index in [4.69, 9.17) is 18.9 Å². The van der Waals surface area contributed by atoms with E-state index >= 15 is 0 Å². The molecule has 0 N–H and O–H groups in total. The van der Waals surface area contributed by atoms with Gasteiger partial charge in [-0.25, -0.2) is 4.79 Å². The lowest BCUT2D eigenvalue weighted by Crippen LogP contribution is -2.19. The van der Waals surface area contributed by atoms with Crippen LogP contribution in [0.4, 0.5) is 0 Å². The number of hydrogen-bond acceptors (Lipinski definition) is 5. The van der Waals surface area contributed by atoms with Crippen LogP contribution in [0.1, 0.15) is 25.0 Å². The van der Waals surface area contributed by atoms with Crippen molar-refractivity contribution in [3.05, 3.63) is 23.3 Å². The maximum atomic E-state index is 11.7. The summed E-state index contributed by atoms with van der Waals surface area (Å²) >= 11 is 0. The number of benzene rings is 1. The van der Waals surface area contributed by atoms with Gasteiger partial charge in [0.25, 0.3) is 0 Å². The van der Waals surface area contributed by atoms with E-state index in [2.05, 4.69) is 0 Å². The molecule has 2 aliphatic heterocycles. The predicted molar refractivity (Wildman–Crippen MR) is 66.2 cm³/mol. The number of carbonyl (C=O) groups is 1. The maximum absolute atomic E-state index is 11.7. The second-order valence-electron chi connectivity index (χ2n) is 4.88. The monoisotopic (exact) mass is 264 g/mol. The fourth-order valence-corrected chi connectivity index (χ4v) is 2.48. The number of rotatable bonds is 3. The first-order valence-corrected chi connectivity index (χ1v) is 6.31. The Hall–Kier alpha value is -1.75. The summed E-state index contributed by atoms with van der Waals surface area (Å²) in [5.41, 5.74) is 1.32. The number of ether oxygens (including phenoxy) is 4. The maximum Gasteiger partial charge on any atom is 0.338 e.